The van der Waals surface area contributed by atoms with Crippen LogP contribution in [0.1, 0.15) is 12.8 Å². The number of rotatable bonds is 4. The molecule has 0 aliphatic carbocycles. The van der Waals surface area contributed by atoms with Crippen LogP contribution in [-0.2, 0) is 14.9 Å². The third kappa shape index (κ3) is 9.20. The first-order valence-electron chi connectivity index (χ1n) is 3.18. The van der Waals surface area contributed by atoms with Gasteiger partial charge in [0.15, 0.2) is 0 Å². The summed E-state index contributed by atoms with van der Waals surface area (Å²) in [6.07, 6.45) is -6.39. The van der Waals surface area contributed by atoms with Gasteiger partial charge in [0.2, 0.25) is 5.78 Å². The van der Waals surface area contributed by atoms with Crippen LogP contribution in [0.3, 0.4) is 0 Å². The van der Waals surface area contributed by atoms with Crippen LogP contribution in [0, 0.1) is 0 Å². The van der Waals surface area contributed by atoms with Crippen molar-refractivity contribution >= 4 is 53.6 Å². The minimum absolute atomic E-state index is 0. The molecular formula is C5H7CaF3O4S. The van der Waals surface area contributed by atoms with Gasteiger partial charge in [-0.15, -0.1) is 0 Å². The molecule has 0 atom stereocenters. The minimum atomic E-state index is -4.93. The van der Waals surface area contributed by atoms with Gasteiger partial charge in [-0.25, -0.2) is 0 Å². The molecule has 0 heterocycles. The maximum atomic E-state index is 11.5. The maximum absolute atomic E-state index is 11.5. The summed E-state index contributed by atoms with van der Waals surface area (Å²) in [5.41, 5.74) is 0. The zero-order chi connectivity index (χ0) is 10.7. The molecule has 0 amide bonds. The smallest absolute Gasteiger partial charge is 0.290 e. The van der Waals surface area contributed by atoms with Crippen molar-refractivity contribution < 1.29 is 30.9 Å². The van der Waals surface area contributed by atoms with E-state index in [1.807, 2.05) is 0 Å². The molecule has 0 rings (SSSR count). The predicted octanol–water partition coefficient (Wildman–Crippen LogP) is 0.405. The van der Waals surface area contributed by atoms with E-state index in [-0.39, 0.29) is 37.7 Å². The molecule has 9 heteroatoms. The number of ketones is 1. The van der Waals surface area contributed by atoms with E-state index in [2.05, 4.69) is 0 Å². The van der Waals surface area contributed by atoms with Crippen molar-refractivity contribution in [3.63, 3.8) is 0 Å². The second-order valence-electron chi connectivity index (χ2n) is 2.31. The largest absolute Gasteiger partial charge is 0.449 e. The molecule has 0 saturated heterocycles. The van der Waals surface area contributed by atoms with E-state index in [0.29, 0.717) is 0 Å². The van der Waals surface area contributed by atoms with Crippen molar-refractivity contribution in [2.45, 2.75) is 19.0 Å². The molecule has 0 fully saturated rings. The Morgan fingerprint density at radius 2 is 1.71 bits per heavy atom. The molecule has 0 aromatic heterocycles. The summed E-state index contributed by atoms with van der Waals surface area (Å²) in [6, 6.07) is 0. The zero-order valence-electron chi connectivity index (χ0n) is 7.04. The molecule has 0 unspecified atom stereocenters. The first-order valence-corrected chi connectivity index (χ1v) is 4.79. The van der Waals surface area contributed by atoms with Gasteiger partial charge >= 0.3 is 6.18 Å². The normalized spacial score (nSPS) is 12.0. The molecule has 0 spiro atoms. The van der Waals surface area contributed by atoms with Gasteiger partial charge in [-0.3, -0.25) is 9.35 Å². The Kier molecular flexibility index (Phi) is 7.62. The van der Waals surface area contributed by atoms with E-state index in [0.717, 1.165) is 0 Å². The Hall–Kier alpha value is 0.630. The van der Waals surface area contributed by atoms with Crippen molar-refractivity contribution in [1.82, 2.24) is 0 Å². The zero-order valence-corrected chi connectivity index (χ0v) is 10.1. The maximum Gasteiger partial charge on any atom is 0.449 e. The number of carbonyl (C=O) groups is 1. The fourth-order valence-electron chi connectivity index (χ4n) is 0.557. The van der Waals surface area contributed by atoms with Crippen molar-refractivity contribution in [2.24, 2.45) is 0 Å². The molecule has 0 aliphatic rings. The molecule has 0 aromatic carbocycles. The van der Waals surface area contributed by atoms with Crippen LogP contribution in [0.25, 0.3) is 0 Å². The van der Waals surface area contributed by atoms with Gasteiger partial charge in [-0.1, -0.05) is 0 Å². The fraction of sp³-hybridized carbons (Fsp3) is 0.800. The molecule has 80 valence electrons. The van der Waals surface area contributed by atoms with Crippen LogP contribution in [0.5, 0.6) is 0 Å². The van der Waals surface area contributed by atoms with Crippen molar-refractivity contribution in [1.29, 1.82) is 0 Å². The van der Waals surface area contributed by atoms with E-state index in [9.17, 15) is 26.4 Å². The number of Topliss-reactive ketones (excluding diaryl/α,β-unsaturated/α-hetero) is 1. The Morgan fingerprint density at radius 1 is 1.29 bits per heavy atom. The summed E-state index contributed by atoms with van der Waals surface area (Å²) in [7, 11) is -4.28. The average Bonchev–Trinajstić information content (AvgIpc) is 1.82. The van der Waals surface area contributed by atoms with Crippen LogP contribution >= 0.6 is 0 Å². The summed E-state index contributed by atoms with van der Waals surface area (Å²) >= 11 is 0. The Morgan fingerprint density at radius 3 is 2.00 bits per heavy atom. The van der Waals surface area contributed by atoms with E-state index < -0.39 is 40.7 Å². The summed E-state index contributed by atoms with van der Waals surface area (Å²) in [5.74, 6) is -2.83. The Bertz CT molecular complexity index is 284. The van der Waals surface area contributed by atoms with Gasteiger partial charge in [0, 0.05) is 44.2 Å². The minimum Gasteiger partial charge on any atom is -0.290 e. The van der Waals surface area contributed by atoms with Gasteiger partial charge in [0.05, 0.1) is 5.75 Å². The molecule has 4 nitrogen and oxygen atoms in total. The Labute approximate surface area is 109 Å². The molecule has 0 aliphatic heterocycles. The summed E-state index contributed by atoms with van der Waals surface area (Å²) < 4.78 is 62.7. The van der Waals surface area contributed by atoms with Gasteiger partial charge in [-0.05, 0) is 6.42 Å². The predicted molar refractivity (Wildman–Crippen MR) is 42.5 cm³/mol. The average molecular weight is 260 g/mol. The molecule has 0 bridgehead atoms. The molecule has 1 N–H and O–H groups in total. The van der Waals surface area contributed by atoms with E-state index in [1.54, 1.807) is 0 Å². The Balaban J connectivity index is 0. The van der Waals surface area contributed by atoms with Crippen LogP contribution in [0.4, 0.5) is 13.2 Å². The monoisotopic (exact) mass is 260 g/mol. The van der Waals surface area contributed by atoms with E-state index in [1.165, 1.54) is 0 Å². The van der Waals surface area contributed by atoms with E-state index >= 15 is 0 Å². The topological polar surface area (TPSA) is 71.4 Å². The number of halogens is 3. The molecule has 2 radical (unpaired) electrons. The van der Waals surface area contributed by atoms with Crippen LogP contribution in [0.2, 0.25) is 0 Å². The first kappa shape index (κ1) is 17.0. The van der Waals surface area contributed by atoms with Crippen LogP contribution in [0.15, 0.2) is 0 Å². The molecule has 0 saturated carbocycles. The first-order chi connectivity index (χ1) is 5.63. The van der Waals surface area contributed by atoms with Gasteiger partial charge in [-0.2, -0.15) is 21.6 Å². The van der Waals surface area contributed by atoms with Gasteiger partial charge in [0.25, 0.3) is 10.1 Å². The number of carbonyl (C=O) groups excluding carboxylic acids is 1. The summed E-state index contributed by atoms with van der Waals surface area (Å²) in [5, 5.41) is 0. The SMILES string of the molecule is O=C(CCCS(=O)(=O)O)C(F)(F)F.[Ca]. The number of hydrogen-bond donors (Lipinski definition) is 1. The van der Waals surface area contributed by atoms with Gasteiger partial charge < -0.3 is 0 Å². The quantitative estimate of drug-likeness (QED) is 0.587. The van der Waals surface area contributed by atoms with Crippen molar-refractivity contribution in [3.05, 3.63) is 0 Å². The van der Waals surface area contributed by atoms with Crippen LogP contribution < -0.4 is 0 Å². The fourth-order valence-corrected chi connectivity index (χ4v) is 1.07. The second kappa shape index (κ2) is 6.26. The number of alkyl halides is 3. The van der Waals surface area contributed by atoms with Crippen LogP contribution in [-0.4, -0.2) is 68.4 Å². The molecule has 0 aromatic rings. The molecular weight excluding hydrogens is 253 g/mol. The molecule has 14 heavy (non-hydrogen) atoms. The van der Waals surface area contributed by atoms with Crippen molar-refractivity contribution in [3.8, 4) is 0 Å². The second-order valence-corrected chi connectivity index (χ2v) is 3.88. The third-order valence-corrected chi connectivity index (χ3v) is 1.93. The van der Waals surface area contributed by atoms with Crippen molar-refractivity contribution in [2.75, 3.05) is 5.75 Å². The third-order valence-electron chi connectivity index (χ3n) is 1.12. The van der Waals surface area contributed by atoms with E-state index in [4.69, 9.17) is 4.55 Å². The summed E-state index contributed by atoms with van der Waals surface area (Å²) in [4.78, 5) is 10.1. The standard InChI is InChI=1S/C5H7F3O4S.Ca/c6-5(7,8)4(9)2-1-3-13(10,11)12;/h1-3H2,(H,10,11,12);. The number of hydrogen-bond acceptors (Lipinski definition) is 3. The van der Waals surface area contributed by atoms with Gasteiger partial charge in [0.1, 0.15) is 0 Å². The summed E-state index contributed by atoms with van der Waals surface area (Å²) in [6.45, 7) is 0.